The Kier molecular flexibility index (Phi) is 5.32. The third-order valence-corrected chi connectivity index (χ3v) is 4.48. The van der Waals surface area contributed by atoms with Crippen LogP contribution in [0.2, 0.25) is 0 Å². The minimum atomic E-state index is -0.825. The molecule has 7 heteroatoms. The van der Waals surface area contributed by atoms with E-state index < -0.39 is 11.9 Å². The van der Waals surface area contributed by atoms with Crippen molar-refractivity contribution in [2.24, 2.45) is 11.8 Å². The first-order valence-electron chi connectivity index (χ1n) is 6.90. The molecule has 0 bridgehead atoms. The van der Waals surface area contributed by atoms with Gasteiger partial charge in [-0.05, 0) is 30.7 Å². The standard InChI is InChI=1S/C14H18N2O4S/c17-12(9-3-4-10(8-9)14(19)20)15-5-6-16-13(18)11-2-1-7-21-11/h1-2,7,9-10H,3-6,8H2,(H,15,17)(H,16,18)(H,19,20)/t9-,10+/m0/s1. The molecular formula is C14H18N2O4S. The van der Waals surface area contributed by atoms with Gasteiger partial charge < -0.3 is 15.7 Å². The summed E-state index contributed by atoms with van der Waals surface area (Å²) < 4.78 is 0. The van der Waals surface area contributed by atoms with Crippen LogP contribution in [-0.4, -0.2) is 36.0 Å². The predicted octanol–water partition coefficient (Wildman–Crippen LogP) is 1.09. The fourth-order valence-electron chi connectivity index (χ4n) is 2.44. The van der Waals surface area contributed by atoms with Crippen LogP contribution in [-0.2, 0) is 9.59 Å². The van der Waals surface area contributed by atoms with E-state index in [1.165, 1.54) is 11.3 Å². The number of amides is 2. The van der Waals surface area contributed by atoms with Gasteiger partial charge in [-0.3, -0.25) is 14.4 Å². The van der Waals surface area contributed by atoms with E-state index in [-0.39, 0.29) is 17.7 Å². The van der Waals surface area contributed by atoms with E-state index in [2.05, 4.69) is 10.6 Å². The van der Waals surface area contributed by atoms with Crippen molar-refractivity contribution in [1.82, 2.24) is 10.6 Å². The molecule has 2 rings (SSSR count). The van der Waals surface area contributed by atoms with E-state index in [1.807, 2.05) is 5.38 Å². The molecule has 1 aliphatic carbocycles. The van der Waals surface area contributed by atoms with Crippen LogP contribution in [0.5, 0.6) is 0 Å². The number of thiophene rings is 1. The monoisotopic (exact) mass is 310 g/mol. The summed E-state index contributed by atoms with van der Waals surface area (Å²) in [5.74, 6) is -1.72. The molecule has 0 radical (unpaired) electrons. The Bertz CT molecular complexity index is 515. The van der Waals surface area contributed by atoms with Crippen molar-refractivity contribution in [3.05, 3.63) is 22.4 Å². The van der Waals surface area contributed by atoms with E-state index in [9.17, 15) is 14.4 Å². The number of carboxylic acid groups (broad SMARTS) is 1. The van der Waals surface area contributed by atoms with Gasteiger partial charge in [0.25, 0.3) is 5.91 Å². The summed E-state index contributed by atoms with van der Waals surface area (Å²) in [5, 5.41) is 16.2. The van der Waals surface area contributed by atoms with Gasteiger partial charge in [-0.25, -0.2) is 0 Å². The Hall–Kier alpha value is -1.89. The van der Waals surface area contributed by atoms with Crippen LogP contribution in [0.15, 0.2) is 17.5 Å². The Labute approximate surface area is 126 Å². The van der Waals surface area contributed by atoms with Gasteiger partial charge in [-0.1, -0.05) is 6.07 Å². The third-order valence-electron chi connectivity index (χ3n) is 3.61. The number of hydrogen-bond acceptors (Lipinski definition) is 4. The smallest absolute Gasteiger partial charge is 0.306 e. The van der Waals surface area contributed by atoms with E-state index in [4.69, 9.17) is 5.11 Å². The van der Waals surface area contributed by atoms with Gasteiger partial charge in [0.1, 0.15) is 0 Å². The van der Waals surface area contributed by atoms with Crippen molar-refractivity contribution in [3.63, 3.8) is 0 Å². The summed E-state index contributed by atoms with van der Waals surface area (Å²) in [6.45, 7) is 0.710. The summed E-state index contributed by atoms with van der Waals surface area (Å²) in [6, 6.07) is 3.55. The van der Waals surface area contributed by atoms with Crippen LogP contribution in [0.1, 0.15) is 28.9 Å². The van der Waals surface area contributed by atoms with Crippen LogP contribution in [0.25, 0.3) is 0 Å². The molecule has 1 heterocycles. The molecule has 6 nitrogen and oxygen atoms in total. The SMILES string of the molecule is O=C(NCCNC(=O)[C@H]1CC[C@@H](C(=O)O)C1)c1cccs1. The molecule has 1 aromatic heterocycles. The molecule has 0 aliphatic heterocycles. The number of carbonyl (C=O) groups excluding carboxylic acids is 2. The lowest BCUT2D eigenvalue weighted by atomic mass is 10.0. The molecule has 0 spiro atoms. The average molecular weight is 310 g/mol. The molecule has 0 saturated heterocycles. The first-order chi connectivity index (χ1) is 10.1. The van der Waals surface area contributed by atoms with Gasteiger partial charge in [0.15, 0.2) is 0 Å². The Morgan fingerprint density at radius 1 is 1.19 bits per heavy atom. The molecule has 2 amide bonds. The Balaban J connectivity index is 1.64. The number of rotatable bonds is 6. The van der Waals surface area contributed by atoms with Crippen LogP contribution in [0, 0.1) is 11.8 Å². The predicted molar refractivity (Wildman–Crippen MR) is 78.1 cm³/mol. The summed E-state index contributed by atoms with van der Waals surface area (Å²) >= 11 is 1.36. The van der Waals surface area contributed by atoms with Crippen molar-refractivity contribution in [1.29, 1.82) is 0 Å². The normalized spacial score (nSPS) is 21.0. The molecule has 0 aromatic carbocycles. The number of aliphatic carboxylic acids is 1. The van der Waals surface area contributed by atoms with Gasteiger partial charge in [-0.2, -0.15) is 0 Å². The quantitative estimate of drug-likeness (QED) is 0.686. The van der Waals surface area contributed by atoms with Gasteiger partial charge in [0.2, 0.25) is 5.91 Å². The van der Waals surface area contributed by atoms with Gasteiger partial charge >= 0.3 is 5.97 Å². The summed E-state index contributed by atoms with van der Waals surface area (Å²) in [5.41, 5.74) is 0. The van der Waals surface area contributed by atoms with Gasteiger partial charge in [-0.15, -0.1) is 11.3 Å². The highest BCUT2D eigenvalue weighted by Crippen LogP contribution is 2.30. The maximum atomic E-state index is 11.9. The molecule has 1 aliphatic rings. The van der Waals surface area contributed by atoms with Crippen molar-refractivity contribution in [3.8, 4) is 0 Å². The van der Waals surface area contributed by atoms with Crippen LogP contribution < -0.4 is 10.6 Å². The second kappa shape index (κ2) is 7.21. The summed E-state index contributed by atoms with van der Waals surface area (Å²) in [4.78, 5) is 35.0. The molecule has 1 saturated carbocycles. The van der Waals surface area contributed by atoms with Gasteiger partial charge in [0.05, 0.1) is 10.8 Å². The maximum Gasteiger partial charge on any atom is 0.306 e. The summed E-state index contributed by atoms with van der Waals surface area (Å²) in [6.07, 6.45) is 1.58. The van der Waals surface area contributed by atoms with E-state index in [0.29, 0.717) is 37.2 Å². The maximum absolute atomic E-state index is 11.9. The zero-order valence-corrected chi connectivity index (χ0v) is 12.3. The number of nitrogens with one attached hydrogen (secondary N) is 2. The third kappa shape index (κ3) is 4.29. The molecule has 21 heavy (non-hydrogen) atoms. The van der Waals surface area contributed by atoms with Crippen molar-refractivity contribution >= 4 is 29.1 Å². The minimum absolute atomic E-state index is 0.121. The Morgan fingerprint density at radius 2 is 1.90 bits per heavy atom. The highest BCUT2D eigenvalue weighted by Gasteiger charge is 2.33. The van der Waals surface area contributed by atoms with Crippen molar-refractivity contribution in [2.75, 3.05) is 13.1 Å². The first-order valence-corrected chi connectivity index (χ1v) is 7.78. The molecule has 2 atom stereocenters. The summed E-state index contributed by atoms with van der Waals surface area (Å²) in [7, 11) is 0. The van der Waals surface area contributed by atoms with Crippen LogP contribution >= 0.6 is 11.3 Å². The lowest BCUT2D eigenvalue weighted by molar-refractivity contribution is -0.141. The lowest BCUT2D eigenvalue weighted by Crippen LogP contribution is -2.37. The molecule has 1 aromatic rings. The Morgan fingerprint density at radius 3 is 2.52 bits per heavy atom. The lowest BCUT2D eigenvalue weighted by Gasteiger charge is -2.11. The molecule has 3 N–H and O–H groups in total. The number of hydrogen-bond donors (Lipinski definition) is 3. The van der Waals surface area contributed by atoms with E-state index in [0.717, 1.165) is 0 Å². The van der Waals surface area contributed by atoms with Crippen LogP contribution in [0.4, 0.5) is 0 Å². The fourth-order valence-corrected chi connectivity index (χ4v) is 3.08. The van der Waals surface area contributed by atoms with Gasteiger partial charge in [0, 0.05) is 19.0 Å². The highest BCUT2D eigenvalue weighted by molar-refractivity contribution is 7.12. The van der Waals surface area contributed by atoms with Crippen LogP contribution in [0.3, 0.4) is 0 Å². The molecular weight excluding hydrogens is 292 g/mol. The van der Waals surface area contributed by atoms with E-state index in [1.54, 1.807) is 12.1 Å². The fraction of sp³-hybridized carbons (Fsp3) is 0.500. The first kappa shape index (κ1) is 15.5. The molecule has 0 unspecified atom stereocenters. The van der Waals surface area contributed by atoms with Crippen molar-refractivity contribution in [2.45, 2.75) is 19.3 Å². The molecule has 1 fully saturated rings. The number of carboxylic acids is 1. The minimum Gasteiger partial charge on any atom is -0.481 e. The second-order valence-electron chi connectivity index (χ2n) is 5.07. The topological polar surface area (TPSA) is 95.5 Å². The highest BCUT2D eigenvalue weighted by atomic mass is 32.1. The molecule has 114 valence electrons. The number of carbonyl (C=O) groups is 3. The van der Waals surface area contributed by atoms with Crippen molar-refractivity contribution < 1.29 is 19.5 Å². The second-order valence-corrected chi connectivity index (χ2v) is 6.02. The zero-order valence-electron chi connectivity index (χ0n) is 11.5. The zero-order chi connectivity index (χ0) is 15.2. The van der Waals surface area contributed by atoms with E-state index >= 15 is 0 Å². The largest absolute Gasteiger partial charge is 0.481 e. The average Bonchev–Trinajstić information content (AvgIpc) is 3.13.